The molecule has 1 fully saturated rings. The van der Waals surface area contributed by atoms with E-state index >= 15 is 0 Å². The second-order valence-corrected chi connectivity index (χ2v) is 11.4. The van der Waals surface area contributed by atoms with Crippen LogP contribution in [0, 0.1) is 0 Å². The van der Waals surface area contributed by atoms with Gasteiger partial charge < -0.3 is 18.1 Å². The summed E-state index contributed by atoms with van der Waals surface area (Å²) in [5, 5.41) is 6.63. The molecule has 0 radical (unpaired) electrons. The molecule has 1 aliphatic heterocycles. The lowest BCUT2D eigenvalue weighted by atomic mass is 9.78. The number of hydrogen-bond donors (Lipinski definition) is 0. The van der Waals surface area contributed by atoms with Gasteiger partial charge in [-0.2, -0.15) is 0 Å². The molecule has 1 aliphatic rings. The van der Waals surface area contributed by atoms with Gasteiger partial charge in [0.15, 0.2) is 0 Å². The number of hydrogen-bond acceptors (Lipinski definition) is 5. The first-order valence-electron chi connectivity index (χ1n) is 11.6. The average Bonchev–Trinajstić information content (AvgIpc) is 3.37. The molecule has 166 valence electrons. The Kier molecular flexibility index (Phi) is 3.37. The van der Waals surface area contributed by atoms with E-state index in [4.69, 9.17) is 18.1 Å². The molecule has 3 aromatic heterocycles. The molecular formula is C28H21BO4S. The van der Waals surface area contributed by atoms with Crippen LogP contribution in [0.25, 0.3) is 64.0 Å². The van der Waals surface area contributed by atoms with Gasteiger partial charge in [-0.25, -0.2) is 0 Å². The van der Waals surface area contributed by atoms with E-state index in [1.807, 2.05) is 6.07 Å². The van der Waals surface area contributed by atoms with Crippen LogP contribution in [0.3, 0.4) is 0 Å². The Hall–Kier alpha value is -3.06. The first kappa shape index (κ1) is 19.3. The highest BCUT2D eigenvalue weighted by atomic mass is 32.1. The minimum atomic E-state index is -0.513. The van der Waals surface area contributed by atoms with Crippen LogP contribution in [-0.4, -0.2) is 18.3 Å². The predicted molar refractivity (Wildman–Crippen MR) is 141 cm³/mol. The summed E-state index contributed by atoms with van der Waals surface area (Å²) >= 11 is 1.78. The number of thiophene rings is 1. The van der Waals surface area contributed by atoms with E-state index in [0.717, 1.165) is 54.7 Å². The molecule has 0 bridgehead atoms. The standard InChI is InChI=1S/C28H21BO4S/c1-27(2)28(3,4)33-29(32-27)16-9-11-20-24-23-19(34-20)12-10-17-21(23)22-18(30-17)13-14-7-5-6-8-15(14)25(22)31-26(16)24/h5-13H,1-4H3. The fraction of sp³-hybridized carbons (Fsp3) is 0.214. The lowest BCUT2D eigenvalue weighted by molar-refractivity contribution is 0.00578. The van der Waals surface area contributed by atoms with Crippen LogP contribution in [0.2, 0.25) is 0 Å². The fourth-order valence-corrected chi connectivity index (χ4v) is 6.56. The predicted octanol–water partition coefficient (Wildman–Crippen LogP) is 7.59. The highest BCUT2D eigenvalue weighted by Gasteiger charge is 2.52. The Morgan fingerprint density at radius 2 is 1.41 bits per heavy atom. The largest absolute Gasteiger partial charge is 0.498 e. The molecule has 0 N–H and O–H groups in total. The Morgan fingerprint density at radius 3 is 2.24 bits per heavy atom. The summed E-state index contributed by atoms with van der Waals surface area (Å²) in [5.74, 6) is 0. The number of benzene rings is 4. The summed E-state index contributed by atoms with van der Waals surface area (Å²) in [4.78, 5) is 0. The summed E-state index contributed by atoms with van der Waals surface area (Å²) < 4.78 is 28.7. The van der Waals surface area contributed by atoms with Gasteiger partial charge in [0.25, 0.3) is 0 Å². The van der Waals surface area contributed by atoms with Crippen LogP contribution in [0.15, 0.2) is 63.4 Å². The smallest absolute Gasteiger partial charge is 0.456 e. The molecule has 0 amide bonds. The zero-order valence-corrected chi connectivity index (χ0v) is 20.1. The SMILES string of the molecule is CC1(C)OB(c2ccc3sc4ccc5oc6cc7ccccc7c7oc2c3c4c5c67)OC1(C)C. The minimum absolute atomic E-state index is 0.434. The van der Waals surface area contributed by atoms with E-state index in [2.05, 4.69) is 76.2 Å². The summed E-state index contributed by atoms with van der Waals surface area (Å²) in [7, 11) is -0.513. The lowest BCUT2D eigenvalue weighted by Gasteiger charge is -2.32. The maximum atomic E-state index is 6.95. The Balaban J connectivity index is 1.62. The molecule has 0 saturated carbocycles. The van der Waals surface area contributed by atoms with Crippen molar-refractivity contribution >= 4 is 88.0 Å². The van der Waals surface area contributed by atoms with Gasteiger partial charge >= 0.3 is 7.12 Å². The van der Waals surface area contributed by atoms with E-state index in [1.54, 1.807) is 11.3 Å². The maximum absolute atomic E-state index is 6.95. The number of fused-ring (bicyclic) bond motifs is 2. The van der Waals surface area contributed by atoms with Crippen molar-refractivity contribution < 1.29 is 18.1 Å². The minimum Gasteiger partial charge on any atom is -0.456 e. The molecular weight excluding hydrogens is 443 g/mol. The van der Waals surface area contributed by atoms with Crippen molar-refractivity contribution in [2.45, 2.75) is 38.9 Å². The molecule has 0 atom stereocenters. The van der Waals surface area contributed by atoms with Gasteiger partial charge in [-0.3, -0.25) is 0 Å². The molecule has 34 heavy (non-hydrogen) atoms. The van der Waals surface area contributed by atoms with Gasteiger partial charge in [-0.15, -0.1) is 11.3 Å². The Labute approximate surface area is 199 Å². The fourth-order valence-electron chi connectivity index (χ4n) is 5.45. The first-order chi connectivity index (χ1) is 16.3. The topological polar surface area (TPSA) is 44.7 Å². The zero-order chi connectivity index (χ0) is 23.0. The van der Waals surface area contributed by atoms with Crippen molar-refractivity contribution in [3.05, 3.63) is 54.6 Å². The molecule has 4 heterocycles. The molecule has 1 saturated heterocycles. The van der Waals surface area contributed by atoms with Gasteiger partial charge in [0, 0.05) is 36.4 Å². The lowest BCUT2D eigenvalue weighted by Crippen LogP contribution is -2.41. The highest BCUT2D eigenvalue weighted by molar-refractivity contribution is 7.26. The molecule has 0 unspecified atom stereocenters. The first-order valence-corrected chi connectivity index (χ1v) is 12.4. The molecule has 0 aliphatic carbocycles. The van der Waals surface area contributed by atoms with Crippen LogP contribution in [0.1, 0.15) is 27.7 Å². The quantitative estimate of drug-likeness (QED) is 0.235. The van der Waals surface area contributed by atoms with Gasteiger partial charge in [0.2, 0.25) is 0 Å². The van der Waals surface area contributed by atoms with Crippen LogP contribution in [-0.2, 0) is 9.31 Å². The van der Waals surface area contributed by atoms with Crippen LogP contribution >= 0.6 is 11.3 Å². The van der Waals surface area contributed by atoms with Gasteiger partial charge in [-0.1, -0.05) is 30.3 Å². The van der Waals surface area contributed by atoms with Crippen molar-refractivity contribution in [2.75, 3.05) is 0 Å². The van der Waals surface area contributed by atoms with E-state index in [0.29, 0.717) is 0 Å². The molecule has 8 rings (SSSR count). The number of furan rings is 1. The van der Waals surface area contributed by atoms with Crippen molar-refractivity contribution in [1.29, 1.82) is 0 Å². The van der Waals surface area contributed by atoms with Crippen LogP contribution in [0.5, 0.6) is 0 Å². The summed E-state index contributed by atoms with van der Waals surface area (Å²) in [6.45, 7) is 8.33. The zero-order valence-electron chi connectivity index (χ0n) is 19.3. The van der Waals surface area contributed by atoms with Crippen molar-refractivity contribution in [2.24, 2.45) is 0 Å². The van der Waals surface area contributed by atoms with Crippen molar-refractivity contribution in [3.63, 3.8) is 0 Å². The Bertz CT molecular complexity index is 1920. The monoisotopic (exact) mass is 464 g/mol. The third-order valence-corrected chi connectivity index (χ3v) is 9.02. The van der Waals surface area contributed by atoms with Gasteiger partial charge in [-0.05, 0) is 57.3 Å². The van der Waals surface area contributed by atoms with Crippen LogP contribution < -0.4 is 5.46 Å². The van der Waals surface area contributed by atoms with E-state index in [-0.39, 0.29) is 0 Å². The van der Waals surface area contributed by atoms with E-state index in [9.17, 15) is 0 Å². The maximum Gasteiger partial charge on any atom is 0.498 e. The second kappa shape index (κ2) is 5.95. The molecule has 4 nitrogen and oxygen atoms in total. The molecule has 6 heteroatoms. The summed E-state index contributed by atoms with van der Waals surface area (Å²) in [5.41, 5.74) is 3.45. The van der Waals surface area contributed by atoms with Crippen molar-refractivity contribution in [3.8, 4) is 0 Å². The third kappa shape index (κ3) is 2.22. The van der Waals surface area contributed by atoms with Crippen molar-refractivity contribution in [1.82, 2.24) is 0 Å². The van der Waals surface area contributed by atoms with E-state index in [1.165, 1.54) is 14.8 Å². The Morgan fingerprint density at radius 1 is 0.676 bits per heavy atom. The molecule has 7 aromatic rings. The normalized spacial score (nSPS) is 18.2. The second-order valence-electron chi connectivity index (χ2n) is 10.4. The summed E-state index contributed by atoms with van der Waals surface area (Å²) in [6, 6.07) is 19.0. The van der Waals surface area contributed by atoms with Gasteiger partial charge in [0.1, 0.15) is 22.3 Å². The highest BCUT2D eigenvalue weighted by Crippen LogP contribution is 2.48. The molecule has 4 aromatic carbocycles. The van der Waals surface area contributed by atoms with Crippen LogP contribution in [0.4, 0.5) is 0 Å². The average molecular weight is 464 g/mol. The molecule has 0 spiro atoms. The van der Waals surface area contributed by atoms with Gasteiger partial charge in [0.05, 0.1) is 16.6 Å². The number of rotatable bonds is 1. The third-order valence-electron chi connectivity index (χ3n) is 7.90. The van der Waals surface area contributed by atoms with E-state index < -0.39 is 18.3 Å². The summed E-state index contributed by atoms with van der Waals surface area (Å²) in [6.07, 6.45) is 0.